The molecule has 2 rings (SSSR count). The van der Waals surface area contributed by atoms with Crippen LogP contribution < -0.4 is 10.5 Å². The summed E-state index contributed by atoms with van der Waals surface area (Å²) in [6.07, 6.45) is 1.70. The first-order valence-corrected chi connectivity index (χ1v) is 6.34. The molecule has 0 aliphatic heterocycles. The number of carboxylic acid groups (broad SMARTS) is 1. The maximum absolute atomic E-state index is 11.6. The molecule has 0 bridgehead atoms. The third-order valence-corrected chi connectivity index (χ3v) is 2.96. The SMILES string of the molecule is O=C(O)CN(CCn1ccccc1=O)c1ccccc1. The van der Waals surface area contributed by atoms with E-state index in [2.05, 4.69) is 0 Å². The minimum Gasteiger partial charge on any atom is -0.480 e. The molecular weight excluding hydrogens is 256 g/mol. The van der Waals surface area contributed by atoms with Gasteiger partial charge in [0.1, 0.15) is 6.54 Å². The number of aromatic nitrogens is 1. The van der Waals surface area contributed by atoms with Crippen LogP contribution in [-0.4, -0.2) is 28.7 Å². The van der Waals surface area contributed by atoms with E-state index in [4.69, 9.17) is 5.11 Å². The number of pyridine rings is 1. The van der Waals surface area contributed by atoms with Gasteiger partial charge in [-0.05, 0) is 18.2 Å². The van der Waals surface area contributed by atoms with Crippen LogP contribution in [0.5, 0.6) is 0 Å². The van der Waals surface area contributed by atoms with Gasteiger partial charge in [-0.1, -0.05) is 24.3 Å². The lowest BCUT2D eigenvalue weighted by Crippen LogP contribution is -2.34. The lowest BCUT2D eigenvalue weighted by Gasteiger charge is -2.23. The molecule has 0 aliphatic carbocycles. The monoisotopic (exact) mass is 272 g/mol. The van der Waals surface area contributed by atoms with Gasteiger partial charge in [-0.15, -0.1) is 0 Å². The van der Waals surface area contributed by atoms with Gasteiger partial charge in [0.2, 0.25) is 0 Å². The summed E-state index contributed by atoms with van der Waals surface area (Å²) in [6, 6.07) is 14.3. The summed E-state index contributed by atoms with van der Waals surface area (Å²) in [5.41, 5.74) is 0.745. The zero-order valence-electron chi connectivity index (χ0n) is 11.0. The Hall–Kier alpha value is -2.56. The van der Waals surface area contributed by atoms with Crippen LogP contribution in [0.1, 0.15) is 0 Å². The highest BCUT2D eigenvalue weighted by Gasteiger charge is 2.10. The van der Waals surface area contributed by atoms with Crippen molar-refractivity contribution in [1.29, 1.82) is 0 Å². The molecule has 1 aromatic carbocycles. The molecule has 0 aliphatic rings. The second-order valence-corrected chi connectivity index (χ2v) is 4.38. The third kappa shape index (κ3) is 3.71. The van der Waals surface area contributed by atoms with Crippen LogP contribution in [0.4, 0.5) is 5.69 Å². The minimum absolute atomic E-state index is 0.0872. The molecule has 5 nitrogen and oxygen atoms in total. The lowest BCUT2D eigenvalue weighted by atomic mass is 10.3. The smallest absolute Gasteiger partial charge is 0.323 e. The molecule has 1 heterocycles. The predicted molar refractivity (Wildman–Crippen MR) is 77.0 cm³/mol. The van der Waals surface area contributed by atoms with Gasteiger partial charge >= 0.3 is 5.97 Å². The second kappa shape index (κ2) is 6.56. The summed E-state index contributed by atoms with van der Waals surface area (Å²) in [7, 11) is 0. The van der Waals surface area contributed by atoms with Crippen molar-refractivity contribution in [2.24, 2.45) is 0 Å². The predicted octanol–water partition coefficient (Wildman–Crippen LogP) is 1.44. The third-order valence-electron chi connectivity index (χ3n) is 2.96. The van der Waals surface area contributed by atoms with E-state index in [9.17, 15) is 9.59 Å². The number of aliphatic carboxylic acids is 1. The molecule has 0 unspecified atom stereocenters. The second-order valence-electron chi connectivity index (χ2n) is 4.38. The zero-order valence-corrected chi connectivity index (χ0v) is 11.0. The van der Waals surface area contributed by atoms with Crippen LogP contribution in [-0.2, 0) is 11.3 Å². The number of hydrogen-bond donors (Lipinski definition) is 1. The topological polar surface area (TPSA) is 62.5 Å². The van der Waals surface area contributed by atoms with Gasteiger partial charge in [-0.25, -0.2) is 0 Å². The van der Waals surface area contributed by atoms with Crippen molar-refractivity contribution < 1.29 is 9.90 Å². The first kappa shape index (κ1) is 13.9. The Kier molecular flexibility index (Phi) is 4.55. The van der Waals surface area contributed by atoms with E-state index in [1.54, 1.807) is 27.8 Å². The first-order valence-electron chi connectivity index (χ1n) is 6.34. The Morgan fingerprint density at radius 2 is 1.80 bits per heavy atom. The van der Waals surface area contributed by atoms with E-state index in [-0.39, 0.29) is 12.1 Å². The molecule has 0 atom stereocenters. The highest BCUT2D eigenvalue weighted by atomic mass is 16.4. The normalized spacial score (nSPS) is 10.2. The zero-order chi connectivity index (χ0) is 14.4. The van der Waals surface area contributed by atoms with Crippen molar-refractivity contribution in [2.45, 2.75) is 6.54 Å². The first-order chi connectivity index (χ1) is 9.66. The van der Waals surface area contributed by atoms with Gasteiger partial charge in [0.15, 0.2) is 0 Å². The van der Waals surface area contributed by atoms with Crippen LogP contribution >= 0.6 is 0 Å². The lowest BCUT2D eigenvalue weighted by molar-refractivity contribution is -0.135. The van der Waals surface area contributed by atoms with Gasteiger partial charge < -0.3 is 14.6 Å². The summed E-state index contributed by atoms with van der Waals surface area (Å²) < 4.78 is 1.57. The van der Waals surface area contributed by atoms with Gasteiger partial charge in [-0.2, -0.15) is 0 Å². The van der Waals surface area contributed by atoms with E-state index in [1.807, 2.05) is 30.3 Å². The van der Waals surface area contributed by atoms with Crippen LogP contribution in [0.2, 0.25) is 0 Å². The summed E-state index contributed by atoms with van der Waals surface area (Å²) in [4.78, 5) is 24.3. The molecule has 0 fully saturated rings. The van der Waals surface area contributed by atoms with Gasteiger partial charge in [0.05, 0.1) is 0 Å². The molecule has 1 N–H and O–H groups in total. The number of rotatable bonds is 6. The standard InChI is InChI=1S/C15H16N2O3/c18-14-8-4-5-9-16(14)10-11-17(12-15(19)20)13-6-2-1-3-7-13/h1-9H,10-12H2,(H,19,20). The van der Waals surface area contributed by atoms with Crippen LogP contribution in [0, 0.1) is 0 Å². The number of anilines is 1. The Labute approximate surface area is 116 Å². The highest BCUT2D eigenvalue weighted by Crippen LogP contribution is 2.12. The number of carboxylic acids is 1. The average molecular weight is 272 g/mol. The largest absolute Gasteiger partial charge is 0.480 e. The van der Waals surface area contributed by atoms with Gasteiger partial charge in [-0.3, -0.25) is 9.59 Å². The Bertz CT molecular complexity index is 622. The van der Waals surface area contributed by atoms with Crippen LogP contribution in [0.3, 0.4) is 0 Å². The summed E-state index contributed by atoms with van der Waals surface area (Å²) >= 11 is 0. The Morgan fingerprint density at radius 1 is 1.10 bits per heavy atom. The van der Waals surface area contributed by atoms with E-state index in [0.29, 0.717) is 13.1 Å². The Morgan fingerprint density at radius 3 is 2.45 bits per heavy atom. The molecular formula is C15H16N2O3. The maximum Gasteiger partial charge on any atom is 0.323 e. The van der Waals surface area contributed by atoms with Crippen molar-refractivity contribution in [2.75, 3.05) is 18.0 Å². The molecule has 104 valence electrons. The van der Waals surface area contributed by atoms with Crippen LogP contribution in [0.15, 0.2) is 59.5 Å². The highest BCUT2D eigenvalue weighted by molar-refractivity contribution is 5.73. The van der Waals surface area contributed by atoms with E-state index >= 15 is 0 Å². The summed E-state index contributed by atoms with van der Waals surface area (Å²) in [5, 5.41) is 8.99. The average Bonchev–Trinajstić information content (AvgIpc) is 2.45. The number of para-hydroxylation sites is 1. The number of hydrogen-bond acceptors (Lipinski definition) is 3. The fourth-order valence-corrected chi connectivity index (χ4v) is 1.98. The van der Waals surface area contributed by atoms with Crippen molar-refractivity contribution >= 4 is 11.7 Å². The van der Waals surface area contributed by atoms with Crippen molar-refractivity contribution in [3.05, 3.63) is 65.1 Å². The van der Waals surface area contributed by atoms with Gasteiger partial charge in [0, 0.05) is 31.0 Å². The van der Waals surface area contributed by atoms with E-state index in [0.717, 1.165) is 5.69 Å². The number of benzene rings is 1. The summed E-state index contributed by atoms with van der Waals surface area (Å²) in [5.74, 6) is -0.894. The summed E-state index contributed by atoms with van der Waals surface area (Å²) in [6.45, 7) is 0.813. The number of carbonyl (C=O) groups is 1. The quantitative estimate of drug-likeness (QED) is 0.864. The van der Waals surface area contributed by atoms with Crippen LogP contribution in [0.25, 0.3) is 0 Å². The maximum atomic E-state index is 11.6. The minimum atomic E-state index is -0.894. The van der Waals surface area contributed by atoms with Crippen molar-refractivity contribution in [3.63, 3.8) is 0 Å². The molecule has 2 aromatic rings. The fourth-order valence-electron chi connectivity index (χ4n) is 1.98. The van der Waals surface area contributed by atoms with E-state index < -0.39 is 5.97 Å². The molecule has 0 amide bonds. The van der Waals surface area contributed by atoms with E-state index in [1.165, 1.54) is 6.07 Å². The molecule has 0 spiro atoms. The Balaban J connectivity index is 2.11. The van der Waals surface area contributed by atoms with Crippen molar-refractivity contribution in [1.82, 2.24) is 4.57 Å². The molecule has 1 aromatic heterocycles. The fraction of sp³-hybridized carbons (Fsp3) is 0.200. The molecule has 0 saturated carbocycles. The molecule has 5 heteroatoms. The molecule has 0 saturated heterocycles. The number of nitrogens with zero attached hydrogens (tertiary/aromatic N) is 2. The van der Waals surface area contributed by atoms with Gasteiger partial charge in [0.25, 0.3) is 5.56 Å². The molecule has 20 heavy (non-hydrogen) atoms. The van der Waals surface area contributed by atoms with Crippen molar-refractivity contribution in [3.8, 4) is 0 Å². The molecule has 0 radical (unpaired) electrons.